The van der Waals surface area contributed by atoms with Gasteiger partial charge in [0, 0.05) is 23.1 Å². The highest BCUT2D eigenvalue weighted by atomic mass is 16.1. The van der Waals surface area contributed by atoms with E-state index < -0.39 is 0 Å². The maximum atomic E-state index is 12.3. The van der Waals surface area contributed by atoms with Crippen molar-refractivity contribution in [2.24, 2.45) is 5.73 Å². The summed E-state index contributed by atoms with van der Waals surface area (Å²) in [4.78, 5) is 12.3. The number of carbonyl (C=O) groups is 1. The summed E-state index contributed by atoms with van der Waals surface area (Å²) in [7, 11) is 0. The average molecular weight is 677 g/mol. The molecule has 0 amide bonds. The Balaban J connectivity index is 0.000000122. The van der Waals surface area contributed by atoms with Gasteiger partial charge in [-0.05, 0) is 113 Å². The fourth-order valence-electron chi connectivity index (χ4n) is 8.09. The van der Waals surface area contributed by atoms with Crippen LogP contribution in [0.15, 0.2) is 152 Å². The molecule has 0 aromatic heterocycles. The van der Waals surface area contributed by atoms with Crippen molar-refractivity contribution in [1.29, 1.82) is 5.26 Å². The SMILES string of the molecule is N#CC=C1c2ccccc2CCc2ccccc21.NCCC1c2ccccc2CCc2ccccc21.O=C1c2ccccc2CCc2ccccc21. The molecule has 9 rings (SSSR count). The number of nitrogens with two attached hydrogens (primary N) is 1. The van der Waals surface area contributed by atoms with Gasteiger partial charge in [0.25, 0.3) is 0 Å². The fraction of sp³-hybridized carbons (Fsp3) is 0.184. The van der Waals surface area contributed by atoms with Crippen LogP contribution in [0.5, 0.6) is 0 Å². The van der Waals surface area contributed by atoms with Crippen LogP contribution in [0.1, 0.15) is 83.9 Å². The van der Waals surface area contributed by atoms with Gasteiger partial charge < -0.3 is 5.73 Å². The van der Waals surface area contributed by atoms with Gasteiger partial charge in [-0.3, -0.25) is 4.79 Å². The normalized spacial score (nSPS) is 13.8. The van der Waals surface area contributed by atoms with Crippen LogP contribution in [0.3, 0.4) is 0 Å². The summed E-state index contributed by atoms with van der Waals surface area (Å²) in [5.41, 5.74) is 22.0. The number of hydrogen-bond donors (Lipinski definition) is 1. The highest BCUT2D eigenvalue weighted by molar-refractivity contribution is 6.11. The summed E-state index contributed by atoms with van der Waals surface area (Å²) in [5, 5.41) is 9.04. The minimum Gasteiger partial charge on any atom is -0.330 e. The molecule has 0 fully saturated rings. The van der Waals surface area contributed by atoms with Gasteiger partial charge >= 0.3 is 0 Å². The summed E-state index contributed by atoms with van der Waals surface area (Å²) in [6, 6.07) is 52.5. The molecule has 3 aliphatic carbocycles. The van der Waals surface area contributed by atoms with Crippen LogP contribution in [0.25, 0.3) is 5.57 Å². The third kappa shape index (κ3) is 7.45. The second-order valence-electron chi connectivity index (χ2n) is 13.7. The first-order valence-corrected chi connectivity index (χ1v) is 18.5. The molecule has 3 heteroatoms. The Labute approximate surface area is 308 Å². The molecule has 0 heterocycles. The number of rotatable bonds is 2. The maximum Gasteiger partial charge on any atom is 0.193 e. The molecule has 3 aliphatic rings. The lowest BCUT2D eigenvalue weighted by molar-refractivity contribution is 0.103. The van der Waals surface area contributed by atoms with Crippen molar-refractivity contribution in [2.75, 3.05) is 6.54 Å². The molecule has 0 aliphatic heterocycles. The summed E-state index contributed by atoms with van der Waals surface area (Å²) < 4.78 is 0. The van der Waals surface area contributed by atoms with Crippen LogP contribution in [0.2, 0.25) is 0 Å². The molecule has 6 aromatic carbocycles. The van der Waals surface area contributed by atoms with Crippen LogP contribution >= 0.6 is 0 Å². The molecule has 3 nitrogen and oxygen atoms in total. The van der Waals surface area contributed by atoms with E-state index in [2.05, 4.69) is 103 Å². The predicted octanol–water partition coefficient (Wildman–Crippen LogP) is 10.0. The summed E-state index contributed by atoms with van der Waals surface area (Å²) in [6.45, 7) is 0.743. The molecule has 0 atom stereocenters. The molecular formula is C49H44N2O. The van der Waals surface area contributed by atoms with Gasteiger partial charge in [-0.1, -0.05) is 146 Å². The Bertz CT molecular complexity index is 2130. The van der Waals surface area contributed by atoms with Crippen molar-refractivity contribution in [3.63, 3.8) is 0 Å². The van der Waals surface area contributed by atoms with Crippen LogP contribution in [0, 0.1) is 11.3 Å². The highest BCUT2D eigenvalue weighted by Gasteiger charge is 2.23. The van der Waals surface area contributed by atoms with Gasteiger partial charge in [-0.25, -0.2) is 0 Å². The van der Waals surface area contributed by atoms with E-state index >= 15 is 0 Å². The monoisotopic (exact) mass is 676 g/mol. The molecule has 0 radical (unpaired) electrons. The predicted molar refractivity (Wildman–Crippen MR) is 213 cm³/mol. The third-order valence-corrected chi connectivity index (χ3v) is 10.7. The number of benzene rings is 6. The Morgan fingerprint density at radius 2 is 0.827 bits per heavy atom. The number of ketones is 1. The van der Waals surface area contributed by atoms with Crippen molar-refractivity contribution < 1.29 is 4.79 Å². The van der Waals surface area contributed by atoms with Gasteiger partial charge in [0.2, 0.25) is 0 Å². The first kappa shape index (κ1) is 34.6. The molecule has 6 aromatic rings. The van der Waals surface area contributed by atoms with E-state index in [1.807, 2.05) is 48.5 Å². The zero-order valence-corrected chi connectivity index (χ0v) is 29.6. The Hall–Kier alpha value is -5.82. The van der Waals surface area contributed by atoms with E-state index in [1.54, 1.807) is 6.08 Å². The molecule has 0 unspecified atom stereocenters. The van der Waals surface area contributed by atoms with Gasteiger partial charge in [0.1, 0.15) is 0 Å². The van der Waals surface area contributed by atoms with E-state index in [1.165, 1.54) is 55.6 Å². The topological polar surface area (TPSA) is 66.9 Å². The number of carbonyl (C=O) groups excluding carboxylic acids is 1. The second-order valence-corrected chi connectivity index (χ2v) is 13.7. The smallest absolute Gasteiger partial charge is 0.193 e. The first-order valence-electron chi connectivity index (χ1n) is 18.5. The Morgan fingerprint density at radius 3 is 1.23 bits per heavy atom. The van der Waals surface area contributed by atoms with Gasteiger partial charge in [-0.15, -0.1) is 0 Å². The summed E-state index contributed by atoms with van der Waals surface area (Å²) in [5.74, 6) is 0.647. The highest BCUT2D eigenvalue weighted by Crippen LogP contribution is 2.36. The van der Waals surface area contributed by atoms with Crippen molar-refractivity contribution in [3.05, 3.63) is 218 Å². The van der Waals surface area contributed by atoms with Gasteiger partial charge in [-0.2, -0.15) is 5.26 Å². The van der Waals surface area contributed by atoms with E-state index in [4.69, 9.17) is 11.0 Å². The molecule has 0 saturated heterocycles. The third-order valence-electron chi connectivity index (χ3n) is 10.7. The lowest BCUT2D eigenvalue weighted by atomic mass is 9.86. The standard InChI is InChI=1S/C17H19N.C17H13N.C15H12O/c2*18-12-11-17-15-7-3-1-5-13(15)9-10-14-6-2-4-8-16(14)17;16-15-13-7-3-1-5-11(13)9-10-12-6-2-4-8-14(12)15/h1-8,17H,9-12,18H2;1-8,11H,9-10H2;1-8H,9-10H2. The molecule has 52 heavy (non-hydrogen) atoms. The lowest BCUT2D eigenvalue weighted by Gasteiger charge is -2.19. The van der Waals surface area contributed by atoms with Crippen molar-refractivity contribution in [2.45, 2.75) is 50.9 Å². The minimum atomic E-state index is 0.170. The zero-order valence-electron chi connectivity index (χ0n) is 29.6. The molecule has 0 saturated carbocycles. The largest absolute Gasteiger partial charge is 0.330 e. The zero-order chi connectivity index (χ0) is 35.7. The van der Waals surface area contributed by atoms with E-state index in [0.717, 1.165) is 68.2 Å². The van der Waals surface area contributed by atoms with Gasteiger partial charge in [0.15, 0.2) is 5.78 Å². The van der Waals surface area contributed by atoms with Gasteiger partial charge in [0.05, 0.1) is 6.07 Å². The average Bonchev–Trinajstić information content (AvgIpc) is 3.54. The Kier molecular flexibility index (Phi) is 11.0. The molecule has 2 N–H and O–H groups in total. The van der Waals surface area contributed by atoms with Crippen molar-refractivity contribution >= 4 is 11.4 Å². The molecule has 0 spiro atoms. The second kappa shape index (κ2) is 16.5. The van der Waals surface area contributed by atoms with E-state index in [0.29, 0.717) is 5.92 Å². The summed E-state index contributed by atoms with van der Waals surface area (Å²) >= 11 is 0. The van der Waals surface area contributed by atoms with Crippen LogP contribution in [0.4, 0.5) is 0 Å². The van der Waals surface area contributed by atoms with Crippen molar-refractivity contribution in [3.8, 4) is 6.07 Å². The van der Waals surface area contributed by atoms with Crippen molar-refractivity contribution in [1.82, 2.24) is 0 Å². The number of nitriles is 1. The lowest BCUT2D eigenvalue weighted by Crippen LogP contribution is -2.10. The fourth-order valence-corrected chi connectivity index (χ4v) is 8.09. The minimum absolute atomic E-state index is 0.170. The Morgan fingerprint density at radius 1 is 0.500 bits per heavy atom. The first-order chi connectivity index (χ1) is 25.7. The quantitative estimate of drug-likeness (QED) is 0.186. The summed E-state index contributed by atoms with van der Waals surface area (Å²) in [6.07, 6.45) is 8.99. The van der Waals surface area contributed by atoms with Crippen LogP contribution in [-0.4, -0.2) is 12.3 Å². The maximum absolute atomic E-state index is 12.3. The molecule has 256 valence electrons. The number of fused-ring (bicyclic) bond motifs is 6. The number of hydrogen-bond acceptors (Lipinski definition) is 3. The van der Waals surface area contributed by atoms with Crippen LogP contribution < -0.4 is 5.73 Å². The van der Waals surface area contributed by atoms with Crippen LogP contribution in [-0.2, 0) is 38.5 Å². The number of aryl methyl sites for hydroxylation is 6. The molecular weight excluding hydrogens is 633 g/mol. The van der Waals surface area contributed by atoms with E-state index in [9.17, 15) is 4.79 Å². The number of allylic oxidation sites excluding steroid dienone is 1. The molecule has 0 bridgehead atoms. The number of nitrogens with zero attached hydrogens (tertiary/aromatic N) is 1. The van der Waals surface area contributed by atoms with E-state index in [-0.39, 0.29) is 5.78 Å².